The maximum atomic E-state index is 13.4. The van der Waals surface area contributed by atoms with Gasteiger partial charge in [0, 0.05) is 91.8 Å². The van der Waals surface area contributed by atoms with Crippen molar-refractivity contribution in [2.75, 3.05) is 98.2 Å². The molecule has 0 aromatic heterocycles. The molecule has 2 aliphatic heterocycles. The van der Waals surface area contributed by atoms with Crippen LogP contribution < -0.4 is 10.6 Å². The first-order chi connectivity index (χ1) is 28.2. The van der Waals surface area contributed by atoms with Gasteiger partial charge in [0.2, 0.25) is 12.2 Å². The van der Waals surface area contributed by atoms with Gasteiger partial charge in [-0.1, -0.05) is 6.92 Å². The van der Waals surface area contributed by atoms with Crippen molar-refractivity contribution in [1.82, 2.24) is 30.2 Å². The molecule has 4 atom stereocenters. The largest absolute Gasteiger partial charge is 0.459 e. The molecule has 4 unspecified atom stereocenters. The lowest BCUT2D eigenvalue weighted by atomic mass is 9.97. The Hall–Kier alpha value is -3.75. The smallest absolute Gasteiger partial charge is 0.320 e. The van der Waals surface area contributed by atoms with Gasteiger partial charge in [-0.15, -0.1) is 0 Å². The van der Waals surface area contributed by atoms with Crippen LogP contribution in [0.15, 0.2) is 0 Å². The van der Waals surface area contributed by atoms with Gasteiger partial charge in [0.1, 0.15) is 22.6 Å². The van der Waals surface area contributed by atoms with Crippen LogP contribution in [-0.4, -0.2) is 195 Å². The average molecular weight is 871 g/mol. The molecule has 0 radical (unpaired) electrons. The summed E-state index contributed by atoms with van der Waals surface area (Å²) in [5.74, 6) is -3.49. The molecule has 2 fully saturated rings. The number of ketones is 1. The van der Waals surface area contributed by atoms with Crippen LogP contribution in [0.3, 0.4) is 0 Å². The third-order valence-electron chi connectivity index (χ3n) is 9.26. The maximum Gasteiger partial charge on any atom is 0.320 e. The Morgan fingerprint density at radius 1 is 0.607 bits per heavy atom. The number of esters is 5. The summed E-state index contributed by atoms with van der Waals surface area (Å²) in [4.78, 5) is 96.5. The molecule has 350 valence electrons. The van der Waals surface area contributed by atoms with Gasteiger partial charge in [0.25, 0.3) is 0 Å². The number of amides is 1. The highest BCUT2D eigenvalue weighted by Crippen LogP contribution is 2.25. The Morgan fingerprint density at radius 2 is 0.984 bits per heavy atom. The molecule has 2 aliphatic rings. The fourth-order valence-electron chi connectivity index (χ4n) is 6.54. The first kappa shape index (κ1) is 53.4. The van der Waals surface area contributed by atoms with Crippen LogP contribution in [-0.2, 0) is 62.0 Å². The average Bonchev–Trinajstić information content (AvgIpc) is 3.17. The summed E-state index contributed by atoms with van der Waals surface area (Å²) in [5.41, 5.74) is -2.02. The summed E-state index contributed by atoms with van der Waals surface area (Å²) in [6.45, 7) is 24.5. The van der Waals surface area contributed by atoms with Crippen molar-refractivity contribution in [3.05, 3.63) is 0 Å². The molecule has 0 aromatic rings. The van der Waals surface area contributed by atoms with Crippen LogP contribution in [0.1, 0.15) is 89.5 Å². The number of hydrogen-bond acceptors (Lipinski definition) is 18. The fraction of sp³-hybridized carbons (Fsp3) is 0.833. The zero-order valence-electron chi connectivity index (χ0n) is 38.7. The number of Topliss-reactive ketones (excluding diaryl/α,β-unsaturated/α-hetero) is 1. The van der Waals surface area contributed by atoms with Gasteiger partial charge in [-0.05, 0) is 62.3 Å². The Morgan fingerprint density at radius 3 is 1.34 bits per heavy atom. The highest BCUT2D eigenvalue weighted by molar-refractivity contribution is 5.82. The van der Waals surface area contributed by atoms with Gasteiger partial charge in [-0.25, -0.2) is 0 Å². The van der Waals surface area contributed by atoms with Gasteiger partial charge < -0.3 is 39.1 Å². The Balaban J connectivity index is 2.16. The summed E-state index contributed by atoms with van der Waals surface area (Å²) in [6.07, 6.45) is -3.18. The van der Waals surface area contributed by atoms with Gasteiger partial charge in [-0.2, -0.15) is 0 Å². The third-order valence-corrected chi connectivity index (χ3v) is 9.26. The van der Waals surface area contributed by atoms with Crippen molar-refractivity contribution in [3.63, 3.8) is 0 Å². The summed E-state index contributed by atoms with van der Waals surface area (Å²) in [7, 11) is 0. The second-order valence-electron chi connectivity index (χ2n) is 18.7. The van der Waals surface area contributed by atoms with E-state index in [0.29, 0.717) is 58.9 Å². The standard InChI is InChI=1S/C42H74N6O13/c1-29-32(51)23-33(56-30(2)49)39(57-31(3)50)58-34(29)24-43-13-14-44-35(52)25-45-15-17-46(26-36(53)59-40(4,5)6)19-21-48(28-38(55)61-42(10,11)12)22-20-47(18-16-45)27-37(54)60-41(7,8)9/h29,33-34,39,43H,13-28H2,1-12H3,(H,44,52). The Bertz CT molecular complexity index is 1430. The molecular formula is C42H74N6O13. The van der Waals surface area contributed by atoms with Gasteiger partial charge in [0.05, 0.1) is 38.7 Å². The predicted molar refractivity (Wildman–Crippen MR) is 224 cm³/mol. The topological polar surface area (TPSA) is 212 Å². The number of nitrogens with zero attached hydrogens (tertiary/aromatic N) is 4. The van der Waals surface area contributed by atoms with E-state index < -0.39 is 65.1 Å². The van der Waals surface area contributed by atoms with Crippen LogP contribution in [0, 0.1) is 5.92 Å². The molecule has 0 spiro atoms. The van der Waals surface area contributed by atoms with E-state index in [1.807, 2.05) is 40.4 Å². The van der Waals surface area contributed by atoms with Crippen molar-refractivity contribution in [1.29, 1.82) is 0 Å². The van der Waals surface area contributed by atoms with E-state index in [2.05, 4.69) is 10.6 Å². The van der Waals surface area contributed by atoms with E-state index in [9.17, 15) is 33.6 Å². The van der Waals surface area contributed by atoms with Crippen molar-refractivity contribution in [2.45, 2.75) is 125 Å². The molecule has 2 N–H and O–H groups in total. The molecule has 2 saturated heterocycles. The number of hydrogen-bond donors (Lipinski definition) is 2. The van der Waals surface area contributed by atoms with E-state index in [1.54, 1.807) is 48.5 Å². The van der Waals surface area contributed by atoms with Crippen LogP contribution in [0.25, 0.3) is 0 Å². The van der Waals surface area contributed by atoms with Crippen molar-refractivity contribution in [2.24, 2.45) is 5.92 Å². The molecule has 0 aromatic carbocycles. The van der Waals surface area contributed by atoms with E-state index in [1.165, 1.54) is 13.8 Å². The zero-order valence-corrected chi connectivity index (χ0v) is 38.7. The number of carbonyl (C=O) groups excluding carboxylic acids is 7. The normalized spacial score (nSPS) is 22.5. The summed E-state index contributed by atoms with van der Waals surface area (Å²) >= 11 is 0. The van der Waals surface area contributed by atoms with Crippen LogP contribution in [0.5, 0.6) is 0 Å². The first-order valence-electron chi connectivity index (χ1n) is 21.2. The Labute approximate surface area is 362 Å². The minimum Gasteiger partial charge on any atom is -0.459 e. The summed E-state index contributed by atoms with van der Waals surface area (Å²) in [6, 6.07) is 0. The van der Waals surface area contributed by atoms with Crippen molar-refractivity contribution < 1.29 is 62.0 Å². The number of nitrogens with one attached hydrogen (secondary N) is 2. The van der Waals surface area contributed by atoms with Crippen molar-refractivity contribution in [3.8, 4) is 0 Å². The number of ether oxygens (including phenoxy) is 6. The fourth-order valence-corrected chi connectivity index (χ4v) is 6.54. The van der Waals surface area contributed by atoms with Crippen LogP contribution >= 0.6 is 0 Å². The lowest BCUT2D eigenvalue weighted by molar-refractivity contribution is -0.221. The van der Waals surface area contributed by atoms with E-state index in [-0.39, 0.29) is 63.3 Å². The summed E-state index contributed by atoms with van der Waals surface area (Å²) < 4.78 is 33.3. The zero-order chi connectivity index (χ0) is 46.1. The first-order valence-corrected chi connectivity index (χ1v) is 21.2. The van der Waals surface area contributed by atoms with E-state index in [0.717, 1.165) is 0 Å². The van der Waals surface area contributed by atoms with Crippen LogP contribution in [0.2, 0.25) is 0 Å². The van der Waals surface area contributed by atoms with Gasteiger partial charge >= 0.3 is 29.8 Å². The van der Waals surface area contributed by atoms with Crippen molar-refractivity contribution >= 4 is 41.5 Å². The monoisotopic (exact) mass is 871 g/mol. The highest BCUT2D eigenvalue weighted by atomic mass is 16.7. The minimum absolute atomic E-state index is 0.00891. The molecule has 0 aliphatic carbocycles. The SMILES string of the molecule is CC(=O)OC1CC(=O)C(C)C(CNCCNC(=O)CN2CCN(CC(=O)OC(C)(C)C)CCN(CC(=O)OC(C)(C)C)CCN(CC(=O)OC(C)(C)C)CC2)OC1OC(C)=O. The lowest BCUT2D eigenvalue weighted by Gasteiger charge is -2.34. The molecule has 19 nitrogen and oxygen atoms in total. The van der Waals surface area contributed by atoms with Crippen LogP contribution in [0.4, 0.5) is 0 Å². The molecular weight excluding hydrogens is 796 g/mol. The maximum absolute atomic E-state index is 13.4. The molecule has 1 amide bonds. The molecule has 61 heavy (non-hydrogen) atoms. The summed E-state index contributed by atoms with van der Waals surface area (Å²) in [5, 5.41) is 6.11. The Kier molecular flexibility index (Phi) is 21.7. The number of rotatable bonds is 15. The molecule has 2 heterocycles. The van der Waals surface area contributed by atoms with E-state index >= 15 is 0 Å². The highest BCUT2D eigenvalue weighted by Gasteiger charge is 2.40. The minimum atomic E-state index is -1.25. The number of carbonyl (C=O) groups is 7. The van der Waals surface area contributed by atoms with Gasteiger partial charge in [0.15, 0.2) is 6.10 Å². The molecule has 2 rings (SSSR count). The second kappa shape index (κ2) is 24.8. The quantitative estimate of drug-likeness (QED) is 0.132. The van der Waals surface area contributed by atoms with Gasteiger partial charge in [-0.3, -0.25) is 53.2 Å². The van der Waals surface area contributed by atoms with E-state index in [4.69, 9.17) is 28.4 Å². The molecule has 19 heteroatoms. The predicted octanol–water partition coefficient (Wildman–Crippen LogP) is 0.754. The third kappa shape index (κ3) is 23.9. The molecule has 0 bridgehead atoms. The lowest BCUT2D eigenvalue weighted by Crippen LogP contribution is -2.50. The molecule has 0 saturated carbocycles. The second-order valence-corrected chi connectivity index (χ2v) is 18.7.